The maximum Gasteiger partial charge on any atom is 0.271 e. The molecule has 2 aromatic carbocycles. The second-order valence-electron chi connectivity index (χ2n) is 5.18. The molecule has 3 rings (SSSR count). The van der Waals surface area contributed by atoms with Crippen molar-refractivity contribution in [1.82, 2.24) is 9.99 Å². The summed E-state index contributed by atoms with van der Waals surface area (Å²) >= 11 is 6.39. The predicted molar refractivity (Wildman–Crippen MR) is 104 cm³/mol. The van der Waals surface area contributed by atoms with E-state index in [-0.39, 0.29) is 11.7 Å². The van der Waals surface area contributed by atoms with Crippen molar-refractivity contribution in [3.8, 4) is 11.4 Å². The Morgan fingerprint density at radius 2 is 1.80 bits per heavy atom. The monoisotopic (exact) mass is 461 g/mol. The number of hydrazone groups is 1. The molecule has 3 aromatic rings. The number of aromatic hydroxyl groups is 1. The molecule has 25 heavy (non-hydrogen) atoms. The van der Waals surface area contributed by atoms with E-state index >= 15 is 0 Å². The number of carbonyl (C=O) groups is 1. The highest BCUT2D eigenvalue weighted by Gasteiger charge is 2.11. The average molecular weight is 463 g/mol. The number of hydrogen-bond donors (Lipinski definition) is 2. The molecule has 5 nitrogen and oxygen atoms in total. The van der Waals surface area contributed by atoms with Gasteiger partial charge in [-0.2, -0.15) is 5.10 Å². The van der Waals surface area contributed by atoms with Gasteiger partial charge in [0.05, 0.1) is 15.2 Å². The van der Waals surface area contributed by atoms with Crippen LogP contribution in [0.3, 0.4) is 0 Å². The molecule has 0 spiro atoms. The van der Waals surface area contributed by atoms with Crippen LogP contribution in [0.25, 0.3) is 5.69 Å². The summed E-state index contributed by atoms with van der Waals surface area (Å²) in [5.41, 5.74) is 4.74. The lowest BCUT2D eigenvalue weighted by Crippen LogP contribution is -2.17. The molecular formula is C18H13Br2N3O2. The van der Waals surface area contributed by atoms with Gasteiger partial charge in [-0.1, -0.05) is 18.2 Å². The first kappa shape index (κ1) is 17.4. The van der Waals surface area contributed by atoms with Crippen LogP contribution < -0.4 is 5.43 Å². The molecule has 126 valence electrons. The third-order valence-corrected chi connectivity index (χ3v) is 4.64. The fraction of sp³-hybridized carbons (Fsp3) is 0. The smallest absolute Gasteiger partial charge is 0.271 e. The highest BCUT2D eigenvalue weighted by molar-refractivity contribution is 9.11. The number of hydrogen-bond acceptors (Lipinski definition) is 3. The highest BCUT2D eigenvalue weighted by atomic mass is 79.9. The van der Waals surface area contributed by atoms with Crippen molar-refractivity contribution in [3.63, 3.8) is 0 Å². The Bertz CT molecular complexity index is 913. The lowest BCUT2D eigenvalue weighted by molar-refractivity contribution is 0.0955. The van der Waals surface area contributed by atoms with E-state index in [4.69, 9.17) is 0 Å². The third kappa shape index (κ3) is 4.18. The van der Waals surface area contributed by atoms with Crippen LogP contribution in [0.4, 0.5) is 0 Å². The molecule has 0 aliphatic rings. The summed E-state index contributed by atoms with van der Waals surface area (Å²) in [6, 6.07) is 14.9. The minimum Gasteiger partial charge on any atom is -0.506 e. The summed E-state index contributed by atoms with van der Waals surface area (Å²) in [6.45, 7) is 0. The Hall–Kier alpha value is -2.38. The van der Waals surface area contributed by atoms with E-state index in [9.17, 15) is 9.90 Å². The van der Waals surface area contributed by atoms with Gasteiger partial charge in [0, 0.05) is 29.2 Å². The number of carbonyl (C=O) groups excluding carboxylic acids is 1. The van der Waals surface area contributed by atoms with Gasteiger partial charge in [0.2, 0.25) is 0 Å². The molecule has 0 unspecified atom stereocenters. The number of para-hydroxylation sites is 1. The summed E-state index contributed by atoms with van der Waals surface area (Å²) in [5, 5.41) is 13.7. The summed E-state index contributed by atoms with van der Waals surface area (Å²) in [6.07, 6.45) is 5.41. The Kier molecular flexibility index (Phi) is 5.35. The lowest BCUT2D eigenvalue weighted by Gasteiger charge is -2.04. The molecule has 2 N–H and O–H groups in total. The lowest BCUT2D eigenvalue weighted by atomic mass is 10.2. The van der Waals surface area contributed by atoms with Crippen molar-refractivity contribution in [1.29, 1.82) is 0 Å². The minimum absolute atomic E-state index is 0.0438. The predicted octanol–water partition coefficient (Wildman–Crippen LogP) is 4.47. The molecule has 1 heterocycles. The van der Waals surface area contributed by atoms with Crippen LogP contribution in [0.2, 0.25) is 0 Å². The number of amides is 1. The fourth-order valence-corrected chi connectivity index (χ4v) is 3.36. The first-order valence-corrected chi connectivity index (χ1v) is 8.88. The number of aromatic nitrogens is 1. The van der Waals surface area contributed by atoms with Crippen molar-refractivity contribution in [3.05, 3.63) is 81.0 Å². The Balaban J connectivity index is 1.67. The quantitative estimate of drug-likeness (QED) is 0.443. The first-order chi connectivity index (χ1) is 12.0. The van der Waals surface area contributed by atoms with Gasteiger partial charge in [-0.3, -0.25) is 4.79 Å². The van der Waals surface area contributed by atoms with Crippen LogP contribution >= 0.6 is 31.9 Å². The largest absolute Gasteiger partial charge is 0.506 e. The molecule has 0 saturated heterocycles. The molecule has 7 heteroatoms. The zero-order chi connectivity index (χ0) is 17.8. The number of halogens is 2. The number of phenols is 1. The summed E-state index contributed by atoms with van der Waals surface area (Å²) in [4.78, 5) is 12.1. The van der Waals surface area contributed by atoms with E-state index in [0.29, 0.717) is 14.5 Å². The molecule has 0 fully saturated rings. The fourth-order valence-electron chi connectivity index (χ4n) is 2.18. The van der Waals surface area contributed by atoms with Gasteiger partial charge in [0.25, 0.3) is 5.91 Å². The number of rotatable bonds is 4. The molecular weight excluding hydrogens is 450 g/mol. The van der Waals surface area contributed by atoms with Crippen LogP contribution in [0.1, 0.15) is 15.9 Å². The summed E-state index contributed by atoms with van der Waals surface area (Å²) in [5.74, 6) is -0.331. The maximum atomic E-state index is 12.1. The summed E-state index contributed by atoms with van der Waals surface area (Å²) < 4.78 is 2.82. The average Bonchev–Trinajstić information content (AvgIpc) is 3.09. The molecule has 0 bridgehead atoms. The second-order valence-corrected chi connectivity index (χ2v) is 6.88. The first-order valence-electron chi connectivity index (χ1n) is 7.29. The molecule has 0 saturated carbocycles. The van der Waals surface area contributed by atoms with Crippen LogP contribution in [0.5, 0.6) is 5.75 Å². The number of benzene rings is 2. The van der Waals surface area contributed by atoms with Gasteiger partial charge in [0.1, 0.15) is 5.75 Å². The molecule has 1 amide bonds. The summed E-state index contributed by atoms with van der Waals surface area (Å²) in [7, 11) is 0. The SMILES string of the molecule is O=C(N/N=C\c1ccn(-c2ccccc2)c1)c1cc(Br)c(O)c(Br)c1. The maximum absolute atomic E-state index is 12.1. The third-order valence-electron chi connectivity index (χ3n) is 3.43. The Morgan fingerprint density at radius 3 is 2.48 bits per heavy atom. The van der Waals surface area contributed by atoms with Crippen LogP contribution in [0, 0.1) is 0 Å². The molecule has 0 aliphatic heterocycles. The van der Waals surface area contributed by atoms with Crippen molar-refractivity contribution in [2.75, 3.05) is 0 Å². The van der Waals surface area contributed by atoms with E-state index < -0.39 is 0 Å². The molecule has 0 radical (unpaired) electrons. The van der Waals surface area contributed by atoms with E-state index in [2.05, 4.69) is 42.4 Å². The van der Waals surface area contributed by atoms with Gasteiger partial charge < -0.3 is 9.67 Å². The topological polar surface area (TPSA) is 66.6 Å². The van der Waals surface area contributed by atoms with Crippen LogP contribution in [-0.2, 0) is 0 Å². The number of nitrogens with zero attached hydrogens (tertiary/aromatic N) is 2. The van der Waals surface area contributed by atoms with E-state index in [1.807, 2.05) is 53.4 Å². The number of phenolic OH excluding ortho intramolecular Hbond substituents is 1. The molecule has 1 aromatic heterocycles. The standard InChI is InChI=1S/C18H13Br2N3O2/c19-15-8-13(9-16(20)17(15)24)18(25)22-21-10-12-6-7-23(11-12)14-4-2-1-3-5-14/h1-11,24H,(H,22,25)/b21-10-. The minimum atomic E-state index is -0.375. The molecule has 0 atom stereocenters. The van der Waals surface area contributed by atoms with Crippen molar-refractivity contribution < 1.29 is 9.90 Å². The van der Waals surface area contributed by atoms with Crippen molar-refractivity contribution in [2.24, 2.45) is 5.10 Å². The second kappa shape index (κ2) is 7.67. The van der Waals surface area contributed by atoms with Gasteiger partial charge in [-0.05, 0) is 62.2 Å². The Labute approximate surface area is 161 Å². The van der Waals surface area contributed by atoms with E-state index in [0.717, 1.165) is 11.3 Å². The van der Waals surface area contributed by atoms with Crippen molar-refractivity contribution in [2.45, 2.75) is 0 Å². The van der Waals surface area contributed by atoms with Gasteiger partial charge in [-0.25, -0.2) is 5.43 Å². The van der Waals surface area contributed by atoms with E-state index in [1.165, 1.54) is 12.1 Å². The van der Waals surface area contributed by atoms with Crippen LogP contribution in [0.15, 0.2) is 75.0 Å². The van der Waals surface area contributed by atoms with E-state index in [1.54, 1.807) is 6.21 Å². The highest BCUT2D eigenvalue weighted by Crippen LogP contribution is 2.33. The van der Waals surface area contributed by atoms with Gasteiger partial charge in [0.15, 0.2) is 0 Å². The zero-order valence-electron chi connectivity index (χ0n) is 12.9. The van der Waals surface area contributed by atoms with Crippen molar-refractivity contribution >= 4 is 44.0 Å². The zero-order valence-corrected chi connectivity index (χ0v) is 16.0. The normalized spacial score (nSPS) is 11.0. The van der Waals surface area contributed by atoms with Crippen LogP contribution in [-0.4, -0.2) is 21.8 Å². The number of nitrogens with one attached hydrogen (secondary N) is 1. The van der Waals surface area contributed by atoms with Gasteiger partial charge >= 0.3 is 0 Å². The molecule has 0 aliphatic carbocycles. The Morgan fingerprint density at radius 1 is 1.12 bits per heavy atom. The van der Waals surface area contributed by atoms with Gasteiger partial charge in [-0.15, -0.1) is 0 Å².